The minimum Gasteiger partial charge on any atom is -0.399 e. The lowest BCUT2D eigenvalue weighted by atomic mass is 9.82. The van der Waals surface area contributed by atoms with Crippen LogP contribution in [0.3, 0.4) is 0 Å². The first kappa shape index (κ1) is 20.7. The Balaban J connectivity index is 1.91. The van der Waals surface area contributed by atoms with Gasteiger partial charge in [-0.3, -0.25) is 9.25 Å². The highest BCUT2D eigenvalue weighted by atomic mass is 31.2. The highest BCUT2D eigenvalue weighted by Gasteiger charge is 2.52. The minimum atomic E-state index is -3.00. The van der Waals surface area contributed by atoms with E-state index in [4.69, 9.17) is 18.4 Å². The lowest BCUT2D eigenvalue weighted by molar-refractivity contribution is 0.00578. The van der Waals surface area contributed by atoms with E-state index in [0.29, 0.717) is 32.3 Å². The summed E-state index contributed by atoms with van der Waals surface area (Å²) in [5.41, 5.74) is 0.138. The third-order valence-corrected chi connectivity index (χ3v) is 6.82. The van der Waals surface area contributed by atoms with Gasteiger partial charge in [-0.1, -0.05) is 0 Å². The van der Waals surface area contributed by atoms with E-state index in [-0.39, 0.29) is 11.2 Å². The molecule has 1 aliphatic heterocycles. The second-order valence-electron chi connectivity index (χ2n) is 7.15. The van der Waals surface area contributed by atoms with Crippen molar-refractivity contribution in [2.24, 2.45) is 0 Å². The van der Waals surface area contributed by atoms with Gasteiger partial charge in [-0.05, 0) is 48.0 Å². The van der Waals surface area contributed by atoms with E-state index in [9.17, 15) is 4.57 Å². The zero-order valence-electron chi connectivity index (χ0n) is 16.2. The highest BCUT2D eigenvalue weighted by Crippen LogP contribution is 2.48. The van der Waals surface area contributed by atoms with Gasteiger partial charge in [0.25, 0.3) is 0 Å². The van der Waals surface area contributed by atoms with Crippen molar-refractivity contribution in [2.45, 2.75) is 65.7 Å². The van der Waals surface area contributed by atoms with Crippen LogP contribution in [0.15, 0.2) is 12.4 Å². The van der Waals surface area contributed by atoms with Gasteiger partial charge in [-0.15, -0.1) is 0 Å². The Hall–Kier alpha value is -0.655. The summed E-state index contributed by atoms with van der Waals surface area (Å²) < 4.78 is 36.9. The average molecular weight is 372 g/mol. The largest absolute Gasteiger partial charge is 0.498 e. The standard InChI is InChI=1S/C16H30BN2O5P/c1-7-21-25(20,22-8-2)11-9-10-19-13-14(12-18-19)17-23-15(3,4)16(5,6)24-17/h12-13H,7-11H2,1-6H3. The van der Waals surface area contributed by atoms with Gasteiger partial charge in [0.1, 0.15) is 0 Å². The van der Waals surface area contributed by atoms with E-state index in [2.05, 4.69) is 5.10 Å². The van der Waals surface area contributed by atoms with Gasteiger partial charge in [0, 0.05) is 24.4 Å². The number of aromatic nitrogens is 2. The predicted molar refractivity (Wildman–Crippen MR) is 98.3 cm³/mol. The summed E-state index contributed by atoms with van der Waals surface area (Å²) in [5.74, 6) is 0. The van der Waals surface area contributed by atoms with Crippen LogP contribution in [-0.4, -0.2) is 47.5 Å². The molecule has 0 spiro atoms. The van der Waals surface area contributed by atoms with Crippen LogP contribution in [0.1, 0.15) is 48.0 Å². The van der Waals surface area contributed by atoms with E-state index < -0.39 is 14.7 Å². The van der Waals surface area contributed by atoms with Crippen molar-refractivity contribution < 1.29 is 22.9 Å². The molecule has 0 amide bonds. The first-order chi connectivity index (χ1) is 11.6. The number of rotatable bonds is 9. The quantitative estimate of drug-likeness (QED) is 0.490. The van der Waals surface area contributed by atoms with E-state index in [1.165, 1.54) is 0 Å². The Morgan fingerprint density at radius 1 is 1.16 bits per heavy atom. The normalized spacial score (nSPS) is 19.5. The van der Waals surface area contributed by atoms with Gasteiger partial charge in [0.15, 0.2) is 0 Å². The molecular weight excluding hydrogens is 342 g/mol. The SMILES string of the molecule is CCOP(=O)(CCCn1cc(B2OC(C)(C)C(C)(C)O2)cn1)OCC. The van der Waals surface area contributed by atoms with Crippen LogP contribution in [-0.2, 0) is 29.5 Å². The molecule has 0 aromatic carbocycles. The van der Waals surface area contributed by atoms with Crippen molar-refractivity contribution >= 4 is 20.2 Å². The van der Waals surface area contributed by atoms with Crippen molar-refractivity contribution in [3.8, 4) is 0 Å². The molecule has 1 fully saturated rings. The van der Waals surface area contributed by atoms with Gasteiger partial charge >= 0.3 is 14.7 Å². The molecule has 25 heavy (non-hydrogen) atoms. The maximum absolute atomic E-state index is 12.4. The fraction of sp³-hybridized carbons (Fsp3) is 0.812. The molecule has 1 saturated heterocycles. The lowest BCUT2D eigenvalue weighted by Gasteiger charge is -2.32. The monoisotopic (exact) mass is 372 g/mol. The Labute approximate surface area is 151 Å². The van der Waals surface area contributed by atoms with Gasteiger partial charge in [0.2, 0.25) is 0 Å². The minimum absolute atomic E-state index is 0.374. The molecule has 0 bridgehead atoms. The Bertz CT molecular complexity index is 593. The van der Waals surface area contributed by atoms with E-state index in [1.807, 2.05) is 52.4 Å². The van der Waals surface area contributed by atoms with E-state index in [1.54, 1.807) is 6.20 Å². The van der Waals surface area contributed by atoms with Crippen LogP contribution in [0.2, 0.25) is 0 Å². The second kappa shape index (κ2) is 7.93. The molecule has 0 saturated carbocycles. The van der Waals surface area contributed by atoms with Crippen molar-refractivity contribution in [2.75, 3.05) is 19.4 Å². The molecule has 7 nitrogen and oxygen atoms in total. The topological polar surface area (TPSA) is 71.8 Å². The van der Waals surface area contributed by atoms with Crippen LogP contribution in [0, 0.1) is 0 Å². The van der Waals surface area contributed by atoms with Gasteiger partial charge in [-0.25, -0.2) is 0 Å². The predicted octanol–water partition coefficient (Wildman–Crippen LogP) is 2.84. The molecule has 9 heteroatoms. The van der Waals surface area contributed by atoms with Crippen molar-refractivity contribution in [3.63, 3.8) is 0 Å². The van der Waals surface area contributed by atoms with Crippen LogP contribution in [0.4, 0.5) is 0 Å². The molecule has 1 aromatic rings. The Morgan fingerprint density at radius 3 is 2.24 bits per heavy atom. The summed E-state index contributed by atoms with van der Waals surface area (Å²) in [4.78, 5) is 0. The Kier molecular flexibility index (Phi) is 6.55. The molecular formula is C16H30BN2O5P. The fourth-order valence-corrected chi connectivity index (χ4v) is 4.24. The van der Waals surface area contributed by atoms with E-state index >= 15 is 0 Å². The first-order valence-corrected chi connectivity index (χ1v) is 10.6. The molecule has 1 aromatic heterocycles. The summed E-state index contributed by atoms with van der Waals surface area (Å²) in [6.45, 7) is 13.1. The average Bonchev–Trinajstić information content (AvgIpc) is 3.02. The zero-order valence-corrected chi connectivity index (χ0v) is 17.0. The third kappa shape index (κ3) is 4.95. The molecule has 0 unspecified atom stereocenters. The maximum Gasteiger partial charge on any atom is 0.498 e. The van der Waals surface area contributed by atoms with E-state index in [0.717, 1.165) is 5.46 Å². The summed E-state index contributed by atoms with van der Waals surface area (Å²) in [6.07, 6.45) is 4.70. The smallest absolute Gasteiger partial charge is 0.399 e. The molecule has 0 atom stereocenters. The van der Waals surface area contributed by atoms with Gasteiger partial charge in [-0.2, -0.15) is 5.10 Å². The van der Waals surface area contributed by atoms with Crippen LogP contribution in [0.25, 0.3) is 0 Å². The summed E-state index contributed by atoms with van der Waals surface area (Å²) in [5, 5.41) is 4.35. The molecule has 0 N–H and O–H groups in total. The van der Waals surface area contributed by atoms with Crippen LogP contribution >= 0.6 is 7.60 Å². The maximum atomic E-state index is 12.4. The third-order valence-electron chi connectivity index (χ3n) is 4.65. The van der Waals surface area contributed by atoms with Crippen molar-refractivity contribution in [1.82, 2.24) is 9.78 Å². The molecule has 0 radical (unpaired) electrons. The zero-order chi connectivity index (χ0) is 18.7. The number of nitrogens with zero attached hydrogens (tertiary/aromatic N) is 2. The molecule has 0 aliphatic carbocycles. The van der Waals surface area contributed by atoms with Crippen molar-refractivity contribution in [3.05, 3.63) is 12.4 Å². The van der Waals surface area contributed by atoms with Crippen molar-refractivity contribution in [1.29, 1.82) is 0 Å². The second-order valence-corrected chi connectivity index (χ2v) is 9.33. The summed E-state index contributed by atoms with van der Waals surface area (Å²) >= 11 is 0. The molecule has 142 valence electrons. The van der Waals surface area contributed by atoms with Crippen LogP contribution in [0.5, 0.6) is 0 Å². The summed E-state index contributed by atoms with van der Waals surface area (Å²) in [6, 6.07) is 0. The van der Waals surface area contributed by atoms with Gasteiger partial charge in [0.05, 0.1) is 30.6 Å². The molecule has 2 heterocycles. The number of hydrogen-bond acceptors (Lipinski definition) is 6. The number of aryl methyl sites for hydroxylation is 1. The summed E-state index contributed by atoms with van der Waals surface area (Å²) in [7, 11) is -3.41. The lowest BCUT2D eigenvalue weighted by Crippen LogP contribution is -2.41. The van der Waals surface area contributed by atoms with Gasteiger partial charge < -0.3 is 18.4 Å². The van der Waals surface area contributed by atoms with Crippen LogP contribution < -0.4 is 5.46 Å². The first-order valence-electron chi connectivity index (χ1n) is 8.88. The fourth-order valence-electron chi connectivity index (χ4n) is 2.59. The Morgan fingerprint density at radius 2 is 1.72 bits per heavy atom. The number of hydrogen-bond donors (Lipinski definition) is 0. The highest BCUT2D eigenvalue weighted by molar-refractivity contribution is 7.53. The molecule has 2 rings (SSSR count). The molecule has 1 aliphatic rings.